The third kappa shape index (κ3) is 2.65. The number of nitrogens with one attached hydrogen (secondary N) is 1. The molecule has 2 aromatic carbocycles. The SMILES string of the molecule is Cc1nn(C)c(C)c1C(=O)Nc1ccc(-n2ncc3ccccc32)cc1. The average molecular weight is 345 g/mol. The first-order valence-corrected chi connectivity index (χ1v) is 8.39. The van der Waals surface area contributed by atoms with E-state index in [1.54, 1.807) is 4.68 Å². The average Bonchev–Trinajstić information content (AvgIpc) is 3.16. The maximum atomic E-state index is 12.6. The summed E-state index contributed by atoms with van der Waals surface area (Å²) in [6, 6.07) is 15.7. The molecule has 4 rings (SSSR count). The smallest absolute Gasteiger partial charge is 0.259 e. The van der Waals surface area contributed by atoms with Crippen molar-refractivity contribution in [3.05, 3.63) is 71.7 Å². The first kappa shape index (κ1) is 16.1. The molecule has 0 unspecified atom stereocenters. The molecule has 1 N–H and O–H groups in total. The summed E-state index contributed by atoms with van der Waals surface area (Å²) >= 11 is 0. The minimum atomic E-state index is -0.148. The molecule has 0 fully saturated rings. The molecule has 130 valence electrons. The van der Waals surface area contributed by atoms with Crippen LogP contribution in [0.2, 0.25) is 0 Å². The van der Waals surface area contributed by atoms with Crippen LogP contribution in [-0.2, 0) is 7.05 Å². The van der Waals surface area contributed by atoms with E-state index >= 15 is 0 Å². The van der Waals surface area contributed by atoms with E-state index in [1.807, 2.05) is 80.3 Å². The maximum absolute atomic E-state index is 12.6. The van der Waals surface area contributed by atoms with Gasteiger partial charge in [-0.1, -0.05) is 18.2 Å². The highest BCUT2D eigenvalue weighted by molar-refractivity contribution is 6.05. The Balaban J connectivity index is 1.59. The third-order valence-corrected chi connectivity index (χ3v) is 4.58. The van der Waals surface area contributed by atoms with E-state index in [-0.39, 0.29) is 5.91 Å². The van der Waals surface area contributed by atoms with Crippen molar-refractivity contribution in [3.8, 4) is 5.69 Å². The largest absolute Gasteiger partial charge is 0.322 e. The van der Waals surface area contributed by atoms with Crippen LogP contribution in [0.3, 0.4) is 0 Å². The molecule has 0 spiro atoms. The van der Waals surface area contributed by atoms with Gasteiger partial charge in [0.15, 0.2) is 0 Å². The molecule has 4 aromatic rings. The summed E-state index contributed by atoms with van der Waals surface area (Å²) in [4.78, 5) is 12.6. The van der Waals surface area contributed by atoms with Crippen LogP contribution in [0, 0.1) is 13.8 Å². The van der Waals surface area contributed by atoms with Gasteiger partial charge in [0.1, 0.15) is 0 Å². The van der Waals surface area contributed by atoms with Crippen LogP contribution in [0.4, 0.5) is 5.69 Å². The van der Waals surface area contributed by atoms with Crippen LogP contribution >= 0.6 is 0 Å². The Bertz CT molecular complexity index is 1110. The normalized spacial score (nSPS) is 11.0. The zero-order valence-corrected chi connectivity index (χ0v) is 14.9. The van der Waals surface area contributed by atoms with Gasteiger partial charge in [0.05, 0.1) is 28.7 Å². The van der Waals surface area contributed by atoms with Crippen molar-refractivity contribution in [3.63, 3.8) is 0 Å². The van der Waals surface area contributed by atoms with Crippen LogP contribution in [-0.4, -0.2) is 25.5 Å². The van der Waals surface area contributed by atoms with Crippen molar-refractivity contribution < 1.29 is 4.79 Å². The molecule has 0 aliphatic rings. The number of aromatic nitrogens is 4. The molecule has 1 amide bonds. The highest BCUT2D eigenvalue weighted by atomic mass is 16.1. The Morgan fingerprint density at radius 2 is 1.77 bits per heavy atom. The predicted molar refractivity (Wildman–Crippen MR) is 102 cm³/mol. The number of fused-ring (bicyclic) bond motifs is 1. The van der Waals surface area contributed by atoms with Crippen molar-refractivity contribution in [2.24, 2.45) is 7.05 Å². The van der Waals surface area contributed by atoms with Crippen LogP contribution in [0.1, 0.15) is 21.7 Å². The van der Waals surface area contributed by atoms with Gasteiger partial charge in [-0.25, -0.2) is 4.68 Å². The first-order valence-electron chi connectivity index (χ1n) is 8.39. The monoisotopic (exact) mass is 345 g/mol. The lowest BCUT2D eigenvalue weighted by atomic mass is 10.1. The lowest BCUT2D eigenvalue weighted by molar-refractivity contribution is 0.102. The lowest BCUT2D eigenvalue weighted by Gasteiger charge is -2.08. The van der Waals surface area contributed by atoms with E-state index in [0.29, 0.717) is 5.56 Å². The van der Waals surface area contributed by atoms with Gasteiger partial charge in [0, 0.05) is 23.8 Å². The number of amides is 1. The fourth-order valence-electron chi connectivity index (χ4n) is 3.16. The van der Waals surface area contributed by atoms with E-state index in [0.717, 1.165) is 33.7 Å². The third-order valence-electron chi connectivity index (χ3n) is 4.58. The van der Waals surface area contributed by atoms with Crippen molar-refractivity contribution in [2.45, 2.75) is 13.8 Å². The first-order chi connectivity index (χ1) is 12.5. The number of carbonyl (C=O) groups is 1. The standard InChI is InChI=1S/C20H19N5O/c1-13-19(14(2)24(3)23-13)20(26)22-16-8-10-17(11-9-16)25-18-7-5-4-6-15(18)12-21-25/h4-12H,1-3H3,(H,22,26). The number of para-hydroxylation sites is 1. The number of hydrogen-bond acceptors (Lipinski definition) is 3. The summed E-state index contributed by atoms with van der Waals surface area (Å²) in [6.45, 7) is 3.73. The van der Waals surface area contributed by atoms with E-state index in [2.05, 4.69) is 15.5 Å². The van der Waals surface area contributed by atoms with Gasteiger partial charge in [-0.15, -0.1) is 0 Å². The van der Waals surface area contributed by atoms with Crippen molar-refractivity contribution in [1.29, 1.82) is 0 Å². The van der Waals surface area contributed by atoms with Gasteiger partial charge in [0.2, 0.25) is 0 Å². The molecule has 2 aromatic heterocycles. The summed E-state index contributed by atoms with van der Waals surface area (Å²) in [5.41, 5.74) is 4.91. The quantitative estimate of drug-likeness (QED) is 0.617. The number of carbonyl (C=O) groups excluding carboxylic acids is 1. The molecule has 26 heavy (non-hydrogen) atoms. The predicted octanol–water partition coefficient (Wildman–Crippen LogP) is 3.63. The van der Waals surface area contributed by atoms with Crippen LogP contribution in [0.25, 0.3) is 16.6 Å². The van der Waals surface area contributed by atoms with Gasteiger partial charge >= 0.3 is 0 Å². The summed E-state index contributed by atoms with van der Waals surface area (Å²) in [5, 5.41) is 12.8. The summed E-state index contributed by atoms with van der Waals surface area (Å²) in [6.07, 6.45) is 1.85. The minimum absolute atomic E-state index is 0.148. The summed E-state index contributed by atoms with van der Waals surface area (Å²) in [5.74, 6) is -0.148. The molecule has 0 aliphatic carbocycles. The van der Waals surface area contributed by atoms with E-state index < -0.39 is 0 Å². The fraction of sp³-hybridized carbons (Fsp3) is 0.150. The lowest BCUT2D eigenvalue weighted by Crippen LogP contribution is -2.14. The van der Waals surface area contributed by atoms with Crippen molar-refractivity contribution in [2.75, 3.05) is 5.32 Å². The number of rotatable bonds is 3. The molecule has 0 bridgehead atoms. The zero-order valence-electron chi connectivity index (χ0n) is 14.9. The molecular formula is C20H19N5O. The molecular weight excluding hydrogens is 326 g/mol. The molecule has 0 radical (unpaired) electrons. The molecule has 2 heterocycles. The number of hydrogen-bond donors (Lipinski definition) is 1. The number of benzene rings is 2. The van der Waals surface area contributed by atoms with Crippen LogP contribution in [0.5, 0.6) is 0 Å². The van der Waals surface area contributed by atoms with E-state index in [4.69, 9.17) is 0 Å². The number of anilines is 1. The maximum Gasteiger partial charge on any atom is 0.259 e. The topological polar surface area (TPSA) is 64.7 Å². The van der Waals surface area contributed by atoms with Gasteiger partial charge in [-0.3, -0.25) is 9.48 Å². The number of nitrogens with zero attached hydrogens (tertiary/aromatic N) is 4. The summed E-state index contributed by atoms with van der Waals surface area (Å²) < 4.78 is 3.60. The fourth-order valence-corrected chi connectivity index (χ4v) is 3.16. The second-order valence-corrected chi connectivity index (χ2v) is 6.29. The van der Waals surface area contributed by atoms with Crippen LogP contribution < -0.4 is 5.32 Å². The molecule has 0 atom stereocenters. The van der Waals surface area contributed by atoms with Gasteiger partial charge in [-0.2, -0.15) is 10.2 Å². The zero-order chi connectivity index (χ0) is 18.3. The molecule has 0 aliphatic heterocycles. The van der Waals surface area contributed by atoms with Crippen molar-refractivity contribution in [1.82, 2.24) is 19.6 Å². The van der Waals surface area contributed by atoms with Crippen LogP contribution in [0.15, 0.2) is 54.7 Å². The molecule has 6 nitrogen and oxygen atoms in total. The van der Waals surface area contributed by atoms with Gasteiger partial charge in [-0.05, 0) is 44.2 Å². The van der Waals surface area contributed by atoms with E-state index in [1.165, 1.54) is 0 Å². The second-order valence-electron chi connectivity index (χ2n) is 6.29. The van der Waals surface area contributed by atoms with Crippen molar-refractivity contribution >= 4 is 22.5 Å². The number of aryl methyl sites for hydroxylation is 2. The Hall–Kier alpha value is -3.41. The Labute approximate surface area is 151 Å². The summed E-state index contributed by atoms with van der Waals surface area (Å²) in [7, 11) is 1.84. The highest BCUT2D eigenvalue weighted by Gasteiger charge is 2.17. The second kappa shape index (κ2) is 6.15. The molecule has 6 heteroatoms. The Morgan fingerprint density at radius 3 is 2.46 bits per heavy atom. The Kier molecular flexibility index (Phi) is 3.80. The van der Waals surface area contributed by atoms with Gasteiger partial charge < -0.3 is 5.32 Å². The molecule has 0 saturated carbocycles. The Morgan fingerprint density at radius 1 is 1.04 bits per heavy atom. The van der Waals surface area contributed by atoms with E-state index in [9.17, 15) is 4.79 Å². The molecule has 0 saturated heterocycles. The highest BCUT2D eigenvalue weighted by Crippen LogP contribution is 2.20. The minimum Gasteiger partial charge on any atom is -0.322 e. The van der Waals surface area contributed by atoms with Gasteiger partial charge in [0.25, 0.3) is 5.91 Å².